The van der Waals surface area contributed by atoms with Gasteiger partial charge in [-0.05, 0) is 19.1 Å². The van der Waals surface area contributed by atoms with Gasteiger partial charge in [0, 0.05) is 25.5 Å². The Morgan fingerprint density at radius 1 is 1.33 bits per heavy atom. The molecule has 1 unspecified atom stereocenters. The molecule has 1 heterocycles. The first kappa shape index (κ1) is 15.1. The van der Waals surface area contributed by atoms with Crippen LogP contribution in [0, 0.1) is 0 Å². The van der Waals surface area contributed by atoms with E-state index < -0.39 is 6.61 Å². The lowest BCUT2D eigenvalue weighted by molar-refractivity contribution is -0.0494. The number of anilines is 1. The van der Waals surface area contributed by atoms with Crippen LogP contribution in [0.1, 0.15) is 18.8 Å². The number of nitrogens with zero attached hydrogens (tertiary/aromatic N) is 2. The molecule has 0 aliphatic carbocycles. The summed E-state index contributed by atoms with van der Waals surface area (Å²) < 4.78 is 36.4. The van der Waals surface area contributed by atoms with Crippen LogP contribution in [0.25, 0.3) is 0 Å². The number of methoxy groups -OCH3 is 1. The zero-order valence-electron chi connectivity index (χ0n) is 12.0. The summed E-state index contributed by atoms with van der Waals surface area (Å²) in [7, 11) is 3.37. The average Bonchev–Trinajstić information content (AvgIpc) is 2.86. The number of aryl methyl sites for hydroxylation is 1. The van der Waals surface area contributed by atoms with Crippen molar-refractivity contribution in [1.29, 1.82) is 0 Å². The standard InChI is InChI=1S/C14H17F2N3O2/c1-9(13-17-6-7-19(13)2)18-11-8-10(20-3)4-5-12(11)21-14(15)16/h4-9,14,18H,1-3H3. The van der Waals surface area contributed by atoms with Crippen molar-refractivity contribution in [3.8, 4) is 11.5 Å². The molecule has 0 amide bonds. The molecular formula is C14H17F2N3O2. The fraction of sp³-hybridized carbons (Fsp3) is 0.357. The second kappa shape index (κ2) is 6.43. The van der Waals surface area contributed by atoms with Crippen LogP contribution >= 0.6 is 0 Å². The normalized spacial score (nSPS) is 12.3. The van der Waals surface area contributed by atoms with Crippen molar-refractivity contribution in [1.82, 2.24) is 9.55 Å². The first-order valence-electron chi connectivity index (χ1n) is 6.38. The maximum atomic E-state index is 12.5. The molecule has 0 aliphatic heterocycles. The molecule has 0 radical (unpaired) electrons. The van der Waals surface area contributed by atoms with Crippen molar-refractivity contribution in [2.24, 2.45) is 7.05 Å². The number of alkyl halides is 2. The van der Waals surface area contributed by atoms with Gasteiger partial charge in [0.05, 0.1) is 18.8 Å². The molecule has 1 aromatic carbocycles. The van der Waals surface area contributed by atoms with E-state index in [0.717, 1.165) is 5.82 Å². The van der Waals surface area contributed by atoms with Crippen LogP contribution in [0.3, 0.4) is 0 Å². The van der Waals surface area contributed by atoms with Crippen molar-refractivity contribution < 1.29 is 18.3 Å². The number of halogens is 2. The topological polar surface area (TPSA) is 48.3 Å². The van der Waals surface area contributed by atoms with E-state index in [2.05, 4.69) is 15.0 Å². The monoisotopic (exact) mass is 297 g/mol. The molecule has 1 aromatic heterocycles. The lowest BCUT2D eigenvalue weighted by Gasteiger charge is -2.18. The minimum Gasteiger partial charge on any atom is -0.497 e. The summed E-state index contributed by atoms with van der Waals surface area (Å²) in [6, 6.07) is 4.43. The molecule has 5 nitrogen and oxygen atoms in total. The molecule has 21 heavy (non-hydrogen) atoms. The summed E-state index contributed by atoms with van der Waals surface area (Å²) in [6.07, 6.45) is 3.49. The highest BCUT2D eigenvalue weighted by atomic mass is 19.3. The minimum atomic E-state index is -2.89. The fourth-order valence-corrected chi connectivity index (χ4v) is 2.04. The lowest BCUT2D eigenvalue weighted by Crippen LogP contribution is -2.13. The fourth-order valence-electron chi connectivity index (χ4n) is 2.04. The van der Waals surface area contributed by atoms with Gasteiger partial charge >= 0.3 is 6.61 Å². The summed E-state index contributed by atoms with van der Waals surface area (Å²) in [5.41, 5.74) is 0.421. The Morgan fingerprint density at radius 3 is 2.67 bits per heavy atom. The Bertz CT molecular complexity index is 602. The van der Waals surface area contributed by atoms with E-state index in [0.29, 0.717) is 11.4 Å². The van der Waals surface area contributed by atoms with Crippen LogP contribution in [0.15, 0.2) is 30.6 Å². The van der Waals surface area contributed by atoms with Crippen molar-refractivity contribution in [2.45, 2.75) is 19.6 Å². The molecule has 0 saturated heterocycles. The number of hydrogen-bond acceptors (Lipinski definition) is 4. The first-order chi connectivity index (χ1) is 10.0. The summed E-state index contributed by atoms with van der Waals surface area (Å²) in [6.45, 7) is -1.00. The summed E-state index contributed by atoms with van der Waals surface area (Å²) >= 11 is 0. The summed E-state index contributed by atoms with van der Waals surface area (Å²) in [4.78, 5) is 4.23. The number of imidazole rings is 1. The van der Waals surface area contributed by atoms with Gasteiger partial charge in [-0.1, -0.05) is 0 Å². The zero-order valence-corrected chi connectivity index (χ0v) is 12.0. The molecule has 2 aromatic rings. The number of hydrogen-bond donors (Lipinski definition) is 1. The van der Waals surface area contributed by atoms with Crippen LogP contribution in [0.5, 0.6) is 11.5 Å². The maximum Gasteiger partial charge on any atom is 0.387 e. The highest BCUT2D eigenvalue weighted by Gasteiger charge is 2.15. The molecule has 0 fully saturated rings. The third-order valence-electron chi connectivity index (χ3n) is 3.02. The quantitative estimate of drug-likeness (QED) is 0.889. The number of ether oxygens (including phenoxy) is 2. The highest BCUT2D eigenvalue weighted by Crippen LogP contribution is 2.32. The van der Waals surface area contributed by atoms with Gasteiger partial charge in [0.2, 0.25) is 0 Å². The molecule has 0 aliphatic rings. The third-order valence-corrected chi connectivity index (χ3v) is 3.02. The Balaban J connectivity index is 2.26. The van der Waals surface area contributed by atoms with Crippen LogP contribution in [0.4, 0.5) is 14.5 Å². The van der Waals surface area contributed by atoms with E-state index >= 15 is 0 Å². The largest absolute Gasteiger partial charge is 0.497 e. The molecular weight excluding hydrogens is 280 g/mol. The molecule has 0 bridgehead atoms. The second-order valence-electron chi connectivity index (χ2n) is 4.50. The van der Waals surface area contributed by atoms with Gasteiger partial charge in [0.1, 0.15) is 17.3 Å². The zero-order chi connectivity index (χ0) is 15.4. The summed E-state index contributed by atoms with van der Waals surface area (Å²) in [5, 5.41) is 3.11. The van der Waals surface area contributed by atoms with E-state index in [1.807, 2.05) is 24.7 Å². The third kappa shape index (κ3) is 3.62. The Labute approximate surface area is 121 Å². The SMILES string of the molecule is COc1ccc(OC(F)F)c(NC(C)c2nccn2C)c1. The Hall–Kier alpha value is -2.31. The van der Waals surface area contributed by atoms with Gasteiger partial charge in [-0.15, -0.1) is 0 Å². The predicted molar refractivity (Wildman–Crippen MR) is 74.9 cm³/mol. The molecule has 114 valence electrons. The minimum absolute atomic E-state index is 0.0619. The van der Waals surface area contributed by atoms with Crippen molar-refractivity contribution in [2.75, 3.05) is 12.4 Å². The summed E-state index contributed by atoms with van der Waals surface area (Å²) in [5.74, 6) is 1.39. The number of benzene rings is 1. The van der Waals surface area contributed by atoms with Crippen molar-refractivity contribution in [3.05, 3.63) is 36.4 Å². The Morgan fingerprint density at radius 2 is 2.10 bits per heavy atom. The average molecular weight is 297 g/mol. The van der Waals surface area contributed by atoms with E-state index in [9.17, 15) is 8.78 Å². The first-order valence-corrected chi connectivity index (χ1v) is 6.38. The molecule has 2 rings (SSSR count). The van der Waals surface area contributed by atoms with Crippen LogP contribution in [-0.2, 0) is 7.05 Å². The van der Waals surface area contributed by atoms with E-state index in [-0.39, 0.29) is 11.8 Å². The van der Waals surface area contributed by atoms with Crippen molar-refractivity contribution >= 4 is 5.69 Å². The van der Waals surface area contributed by atoms with Gasteiger partial charge in [0.15, 0.2) is 0 Å². The second-order valence-corrected chi connectivity index (χ2v) is 4.50. The molecule has 1 atom stereocenters. The van der Waals surface area contributed by atoms with Crippen molar-refractivity contribution in [3.63, 3.8) is 0 Å². The van der Waals surface area contributed by atoms with E-state index in [1.165, 1.54) is 13.2 Å². The van der Waals surface area contributed by atoms with E-state index in [1.54, 1.807) is 18.3 Å². The smallest absolute Gasteiger partial charge is 0.387 e. The van der Waals surface area contributed by atoms with Gasteiger partial charge < -0.3 is 19.4 Å². The predicted octanol–water partition coefficient (Wildman–Crippen LogP) is 3.20. The number of rotatable bonds is 6. The van der Waals surface area contributed by atoms with Gasteiger partial charge in [-0.25, -0.2) is 4.98 Å². The van der Waals surface area contributed by atoms with E-state index in [4.69, 9.17) is 4.74 Å². The molecule has 1 N–H and O–H groups in total. The van der Waals surface area contributed by atoms with Crippen LogP contribution < -0.4 is 14.8 Å². The van der Waals surface area contributed by atoms with Gasteiger partial charge in [-0.3, -0.25) is 0 Å². The lowest BCUT2D eigenvalue weighted by atomic mass is 10.2. The molecule has 7 heteroatoms. The molecule has 0 spiro atoms. The highest BCUT2D eigenvalue weighted by molar-refractivity contribution is 5.60. The van der Waals surface area contributed by atoms with Gasteiger partial charge in [0.25, 0.3) is 0 Å². The Kier molecular flexibility index (Phi) is 4.62. The maximum absolute atomic E-state index is 12.5. The van der Waals surface area contributed by atoms with Gasteiger partial charge in [-0.2, -0.15) is 8.78 Å². The number of nitrogens with one attached hydrogen (secondary N) is 1. The number of aromatic nitrogens is 2. The van der Waals surface area contributed by atoms with Crippen LogP contribution in [-0.4, -0.2) is 23.3 Å². The van der Waals surface area contributed by atoms with Crippen LogP contribution in [0.2, 0.25) is 0 Å². The molecule has 0 saturated carbocycles.